The average Bonchev–Trinajstić information content (AvgIpc) is 2.80. The molecule has 0 spiro atoms. The number of rotatable bonds is 3. The lowest BCUT2D eigenvalue weighted by molar-refractivity contribution is -0.141. The maximum atomic E-state index is 12.6. The van der Waals surface area contributed by atoms with Crippen LogP contribution in [-0.2, 0) is 6.18 Å². The van der Waals surface area contributed by atoms with Crippen LogP contribution in [0.5, 0.6) is 5.75 Å². The van der Waals surface area contributed by atoms with Crippen molar-refractivity contribution < 1.29 is 27.1 Å². The summed E-state index contributed by atoms with van der Waals surface area (Å²) in [5, 5.41) is 0. The van der Waals surface area contributed by atoms with E-state index >= 15 is 0 Å². The number of carbonyl (C=O) groups is 1. The summed E-state index contributed by atoms with van der Waals surface area (Å²) in [6, 6.07) is 3.89. The molecule has 0 radical (unpaired) electrons. The Morgan fingerprint density at radius 3 is 2.62 bits per heavy atom. The second kappa shape index (κ2) is 5.85. The van der Waals surface area contributed by atoms with Crippen LogP contribution in [0.3, 0.4) is 0 Å². The maximum absolute atomic E-state index is 12.6. The number of likely N-dealkylation sites (tertiary alicyclic amines) is 1. The second-order valence-corrected chi connectivity index (χ2v) is 5.65. The van der Waals surface area contributed by atoms with E-state index in [1.807, 2.05) is 0 Å². The predicted octanol–water partition coefficient (Wildman–Crippen LogP) is 3.21. The van der Waals surface area contributed by atoms with Crippen molar-refractivity contribution >= 4 is 5.91 Å². The fraction of sp³-hybridized carbons (Fsp3) is 0.375. The fourth-order valence-corrected chi connectivity index (χ4v) is 2.52. The molecule has 0 aromatic carbocycles. The Bertz CT molecular complexity index is 764. The lowest BCUT2D eigenvalue weighted by atomic mass is 10.1. The van der Waals surface area contributed by atoms with Crippen LogP contribution in [0.2, 0.25) is 0 Å². The number of halogens is 3. The van der Waals surface area contributed by atoms with Gasteiger partial charge >= 0.3 is 6.18 Å². The van der Waals surface area contributed by atoms with Crippen LogP contribution in [0, 0.1) is 13.8 Å². The molecular formula is C16H15F3N2O3. The third kappa shape index (κ3) is 3.22. The quantitative estimate of drug-likeness (QED) is 0.861. The van der Waals surface area contributed by atoms with Gasteiger partial charge in [0, 0.05) is 12.3 Å². The van der Waals surface area contributed by atoms with E-state index < -0.39 is 11.9 Å². The molecule has 0 unspecified atom stereocenters. The molecule has 128 valence electrons. The Balaban J connectivity index is 1.60. The molecule has 8 heteroatoms. The smallest absolute Gasteiger partial charge is 0.433 e. The number of hydrogen-bond acceptors (Lipinski definition) is 4. The van der Waals surface area contributed by atoms with Gasteiger partial charge in [-0.25, -0.2) is 0 Å². The Morgan fingerprint density at radius 2 is 2.04 bits per heavy atom. The Labute approximate surface area is 136 Å². The summed E-state index contributed by atoms with van der Waals surface area (Å²) in [4.78, 5) is 17.1. The molecular weight excluding hydrogens is 325 g/mol. The molecule has 0 atom stereocenters. The summed E-state index contributed by atoms with van der Waals surface area (Å²) < 4.78 is 48.7. The Hall–Kier alpha value is -2.51. The van der Waals surface area contributed by atoms with E-state index in [9.17, 15) is 18.0 Å². The van der Waals surface area contributed by atoms with Gasteiger partial charge in [0.2, 0.25) is 0 Å². The van der Waals surface area contributed by atoms with E-state index in [1.165, 1.54) is 6.07 Å². The Kier molecular flexibility index (Phi) is 3.98. The number of aromatic nitrogens is 1. The Morgan fingerprint density at radius 1 is 1.33 bits per heavy atom. The zero-order valence-corrected chi connectivity index (χ0v) is 13.1. The number of pyridine rings is 1. The van der Waals surface area contributed by atoms with Crippen molar-refractivity contribution in [2.45, 2.75) is 26.1 Å². The molecule has 1 aliphatic heterocycles. The van der Waals surface area contributed by atoms with Gasteiger partial charge in [-0.15, -0.1) is 0 Å². The third-order valence-electron chi connectivity index (χ3n) is 3.73. The molecule has 0 N–H and O–H groups in total. The first kappa shape index (κ1) is 16.4. The SMILES string of the molecule is Cc1cc(C(=O)N2CC(Oc3ccnc(C(F)(F)F)c3)C2)c(C)o1. The molecule has 2 aromatic heterocycles. The minimum atomic E-state index is -4.52. The van der Waals surface area contributed by atoms with E-state index in [1.54, 1.807) is 24.8 Å². The molecule has 1 amide bonds. The lowest BCUT2D eigenvalue weighted by Gasteiger charge is -2.38. The number of nitrogens with zero attached hydrogens (tertiary/aromatic N) is 2. The number of amides is 1. The van der Waals surface area contributed by atoms with Crippen molar-refractivity contribution in [1.29, 1.82) is 0 Å². The van der Waals surface area contributed by atoms with Gasteiger partial charge in [0.25, 0.3) is 5.91 Å². The zero-order valence-electron chi connectivity index (χ0n) is 13.1. The van der Waals surface area contributed by atoms with Crippen LogP contribution < -0.4 is 4.74 Å². The van der Waals surface area contributed by atoms with Crippen LogP contribution >= 0.6 is 0 Å². The molecule has 24 heavy (non-hydrogen) atoms. The zero-order chi connectivity index (χ0) is 17.5. The number of furan rings is 1. The van der Waals surface area contributed by atoms with Crippen molar-refractivity contribution in [2.24, 2.45) is 0 Å². The summed E-state index contributed by atoms with van der Waals surface area (Å²) in [6.07, 6.45) is -3.81. The van der Waals surface area contributed by atoms with Crippen LogP contribution in [0.4, 0.5) is 13.2 Å². The minimum absolute atomic E-state index is 0.0877. The van der Waals surface area contributed by atoms with Crippen LogP contribution in [-0.4, -0.2) is 35.0 Å². The summed E-state index contributed by atoms with van der Waals surface area (Å²) in [7, 11) is 0. The van der Waals surface area contributed by atoms with E-state index in [2.05, 4.69) is 4.98 Å². The van der Waals surface area contributed by atoms with Crippen molar-refractivity contribution in [1.82, 2.24) is 9.88 Å². The number of hydrogen-bond donors (Lipinski definition) is 0. The van der Waals surface area contributed by atoms with Gasteiger partial charge in [0.1, 0.15) is 29.1 Å². The van der Waals surface area contributed by atoms with E-state index in [0.717, 1.165) is 12.3 Å². The van der Waals surface area contributed by atoms with Crippen LogP contribution in [0.1, 0.15) is 27.6 Å². The maximum Gasteiger partial charge on any atom is 0.433 e. The molecule has 3 rings (SSSR count). The number of carbonyl (C=O) groups excluding carboxylic acids is 1. The highest BCUT2D eigenvalue weighted by molar-refractivity contribution is 5.95. The molecule has 0 aliphatic carbocycles. The fourth-order valence-electron chi connectivity index (χ4n) is 2.52. The minimum Gasteiger partial charge on any atom is -0.487 e. The molecule has 3 heterocycles. The first-order valence-electron chi connectivity index (χ1n) is 7.30. The van der Waals surface area contributed by atoms with Crippen molar-refractivity contribution in [3.05, 3.63) is 47.2 Å². The normalized spacial score (nSPS) is 15.3. The van der Waals surface area contributed by atoms with Gasteiger partial charge in [-0.3, -0.25) is 9.78 Å². The van der Waals surface area contributed by atoms with Crippen molar-refractivity contribution in [3.8, 4) is 5.75 Å². The van der Waals surface area contributed by atoms with E-state index in [-0.39, 0.29) is 17.8 Å². The largest absolute Gasteiger partial charge is 0.487 e. The first-order chi connectivity index (χ1) is 11.2. The topological polar surface area (TPSA) is 55.6 Å². The number of alkyl halides is 3. The summed E-state index contributed by atoms with van der Waals surface area (Å²) in [6.45, 7) is 4.09. The molecule has 0 bridgehead atoms. The lowest BCUT2D eigenvalue weighted by Crippen LogP contribution is -2.56. The first-order valence-corrected chi connectivity index (χ1v) is 7.30. The van der Waals surface area contributed by atoms with E-state index in [4.69, 9.17) is 9.15 Å². The molecule has 1 saturated heterocycles. The van der Waals surface area contributed by atoms with Gasteiger partial charge in [0.15, 0.2) is 0 Å². The molecule has 1 aliphatic rings. The standard InChI is InChI=1S/C16H15F3N2O3/c1-9-5-13(10(2)23-9)15(22)21-7-12(8-21)24-11-3-4-20-14(6-11)16(17,18)19/h3-6,12H,7-8H2,1-2H3. The average molecular weight is 340 g/mol. The third-order valence-corrected chi connectivity index (χ3v) is 3.73. The predicted molar refractivity (Wildman–Crippen MR) is 77.7 cm³/mol. The van der Waals surface area contributed by atoms with Gasteiger partial charge in [-0.2, -0.15) is 13.2 Å². The second-order valence-electron chi connectivity index (χ2n) is 5.65. The number of ether oxygens (including phenoxy) is 1. The van der Waals surface area contributed by atoms with Gasteiger partial charge in [-0.05, 0) is 26.0 Å². The van der Waals surface area contributed by atoms with Crippen molar-refractivity contribution in [3.63, 3.8) is 0 Å². The van der Waals surface area contributed by atoms with Gasteiger partial charge in [-0.1, -0.05) is 0 Å². The highest BCUT2D eigenvalue weighted by Crippen LogP contribution is 2.30. The summed E-state index contributed by atoms with van der Waals surface area (Å²) in [5.41, 5.74) is -0.508. The van der Waals surface area contributed by atoms with Gasteiger partial charge in [0.05, 0.1) is 18.7 Å². The molecule has 1 fully saturated rings. The van der Waals surface area contributed by atoms with Gasteiger partial charge < -0.3 is 14.1 Å². The number of aryl methyl sites for hydroxylation is 2. The summed E-state index contributed by atoms with van der Waals surface area (Å²) >= 11 is 0. The highest BCUT2D eigenvalue weighted by Gasteiger charge is 2.36. The molecule has 0 saturated carbocycles. The van der Waals surface area contributed by atoms with E-state index in [0.29, 0.717) is 30.2 Å². The monoisotopic (exact) mass is 340 g/mol. The molecule has 5 nitrogen and oxygen atoms in total. The van der Waals surface area contributed by atoms with Crippen molar-refractivity contribution in [2.75, 3.05) is 13.1 Å². The van der Waals surface area contributed by atoms with Crippen LogP contribution in [0.15, 0.2) is 28.8 Å². The van der Waals surface area contributed by atoms with Crippen LogP contribution in [0.25, 0.3) is 0 Å². The highest BCUT2D eigenvalue weighted by atomic mass is 19.4. The summed E-state index contributed by atoms with van der Waals surface area (Å²) in [5.74, 6) is 1.12. The molecule has 2 aromatic rings.